The van der Waals surface area contributed by atoms with Crippen molar-refractivity contribution in [2.75, 3.05) is 19.8 Å². The van der Waals surface area contributed by atoms with Crippen LogP contribution in [0.5, 0.6) is 0 Å². The molecule has 3 unspecified atom stereocenters. The predicted octanol–water partition coefficient (Wildman–Crippen LogP) is 1.68. The third-order valence-corrected chi connectivity index (χ3v) is 3.02. The molecule has 7 heteroatoms. The van der Waals surface area contributed by atoms with Crippen LogP contribution in [0.3, 0.4) is 0 Å². The lowest BCUT2D eigenvalue weighted by Gasteiger charge is -2.23. The van der Waals surface area contributed by atoms with Crippen molar-refractivity contribution in [1.82, 2.24) is 0 Å². The zero-order valence-electron chi connectivity index (χ0n) is 14.3. The second-order valence-electron chi connectivity index (χ2n) is 4.27. The summed E-state index contributed by atoms with van der Waals surface area (Å²) < 4.78 is 33.1. The molecule has 0 bridgehead atoms. The van der Waals surface area contributed by atoms with Crippen LogP contribution in [0.1, 0.15) is 41.5 Å². The third kappa shape index (κ3) is 9.73. The van der Waals surface area contributed by atoms with Crippen LogP contribution < -0.4 is 0 Å². The van der Waals surface area contributed by atoms with Gasteiger partial charge in [0.25, 0.3) is 0 Å². The lowest BCUT2D eigenvalue weighted by Crippen LogP contribution is -2.22. The van der Waals surface area contributed by atoms with Crippen molar-refractivity contribution in [3.8, 4) is 0 Å². The number of hydrogen-bond acceptors (Lipinski definition) is 6. The van der Waals surface area contributed by atoms with E-state index in [9.17, 15) is 0 Å². The Labute approximate surface area is 131 Å². The van der Waals surface area contributed by atoms with Crippen LogP contribution >= 0.6 is 0 Å². The first-order chi connectivity index (χ1) is 9.94. The van der Waals surface area contributed by atoms with Crippen molar-refractivity contribution >= 4 is 10.2 Å². The fourth-order valence-electron chi connectivity index (χ4n) is 1.60. The molecule has 0 aliphatic rings. The highest BCUT2D eigenvalue weighted by atomic mass is 28.1. The summed E-state index contributed by atoms with van der Waals surface area (Å²) in [6.07, 6.45) is -1.20. The molecule has 0 heterocycles. The van der Waals surface area contributed by atoms with Gasteiger partial charge in [0.2, 0.25) is 0 Å². The Bertz CT molecular complexity index is 281. The van der Waals surface area contributed by atoms with Crippen molar-refractivity contribution in [2.24, 2.45) is 0 Å². The van der Waals surface area contributed by atoms with Crippen molar-refractivity contribution < 1.29 is 28.4 Å². The smallest absolute Gasteiger partial charge is 0.317 e. The van der Waals surface area contributed by atoms with E-state index in [1.165, 1.54) is 0 Å². The first kappa shape index (κ1) is 20.2. The molecule has 0 saturated heterocycles. The highest BCUT2D eigenvalue weighted by Gasteiger charge is 2.17. The molecule has 0 N–H and O–H groups in total. The van der Waals surface area contributed by atoms with Gasteiger partial charge < -0.3 is 28.4 Å². The van der Waals surface area contributed by atoms with Gasteiger partial charge in [0.1, 0.15) is 5.38 Å². The van der Waals surface area contributed by atoms with Gasteiger partial charge in [0, 0.05) is 19.8 Å². The Balaban J connectivity index is 4.81. The number of hydrogen-bond donors (Lipinski definition) is 0. The average molecular weight is 322 g/mol. The predicted molar refractivity (Wildman–Crippen MR) is 83.5 cm³/mol. The van der Waals surface area contributed by atoms with Gasteiger partial charge in [0.15, 0.2) is 18.9 Å². The van der Waals surface area contributed by atoms with Gasteiger partial charge in [-0.25, -0.2) is 0 Å². The summed E-state index contributed by atoms with van der Waals surface area (Å²) in [7, 11) is 0.613. The maximum atomic E-state index is 5.67. The molecule has 0 radical (unpaired) electrons. The van der Waals surface area contributed by atoms with Crippen LogP contribution in [0.4, 0.5) is 0 Å². The average Bonchev–Trinajstić information content (AvgIpc) is 2.38. The normalized spacial score (nSPS) is 15.1. The molecule has 0 spiro atoms. The van der Waals surface area contributed by atoms with Crippen molar-refractivity contribution in [1.29, 1.82) is 0 Å². The van der Waals surface area contributed by atoms with Gasteiger partial charge in [-0.3, -0.25) is 0 Å². The van der Waals surface area contributed by atoms with Crippen molar-refractivity contribution in [3.63, 3.8) is 0 Å². The Hall–Kier alpha value is -0.763. The minimum atomic E-state index is -0.422. The molecule has 0 aliphatic carbocycles. The molecule has 0 fully saturated rings. The minimum absolute atomic E-state index is 0.301. The molecule has 21 heavy (non-hydrogen) atoms. The fourth-order valence-corrected chi connectivity index (χ4v) is 2.17. The number of ether oxygens (including phenoxy) is 6. The topological polar surface area (TPSA) is 55.4 Å². The summed E-state index contributed by atoms with van der Waals surface area (Å²) >= 11 is 0. The van der Waals surface area contributed by atoms with Gasteiger partial charge in [-0.2, -0.15) is 0 Å². The molecule has 0 aromatic heterocycles. The zero-order valence-corrected chi connectivity index (χ0v) is 16.3. The van der Waals surface area contributed by atoms with Crippen molar-refractivity contribution in [2.45, 2.75) is 60.4 Å². The van der Waals surface area contributed by atoms with Crippen LogP contribution in [0, 0.1) is 0 Å². The molecule has 0 aromatic carbocycles. The maximum absolute atomic E-state index is 5.67. The SMILES string of the molecule is CCOC(C)OC([SiH3])=C(OC(C)OCC)OC(C)OCC. The van der Waals surface area contributed by atoms with E-state index in [0.29, 0.717) is 41.4 Å². The van der Waals surface area contributed by atoms with Crippen LogP contribution in [-0.2, 0) is 28.4 Å². The monoisotopic (exact) mass is 322 g/mol. The Kier molecular flexibility index (Phi) is 11.4. The molecular formula is C14H30O6Si. The van der Waals surface area contributed by atoms with E-state index in [0.717, 1.165) is 0 Å². The van der Waals surface area contributed by atoms with Crippen LogP contribution in [0.25, 0.3) is 0 Å². The fraction of sp³-hybridized carbons (Fsp3) is 0.857. The quantitative estimate of drug-likeness (QED) is 0.309. The number of rotatable bonds is 12. The van der Waals surface area contributed by atoms with E-state index < -0.39 is 12.6 Å². The molecule has 0 saturated carbocycles. The van der Waals surface area contributed by atoms with E-state index >= 15 is 0 Å². The van der Waals surface area contributed by atoms with Gasteiger partial charge >= 0.3 is 5.95 Å². The van der Waals surface area contributed by atoms with Gasteiger partial charge in [0.05, 0.1) is 10.2 Å². The van der Waals surface area contributed by atoms with Crippen LogP contribution in [0.2, 0.25) is 0 Å². The molecule has 126 valence electrons. The van der Waals surface area contributed by atoms with E-state index in [-0.39, 0.29) is 6.29 Å². The Morgan fingerprint density at radius 1 is 0.714 bits per heavy atom. The zero-order chi connectivity index (χ0) is 16.3. The second kappa shape index (κ2) is 11.8. The van der Waals surface area contributed by atoms with Gasteiger partial charge in [-0.05, 0) is 41.5 Å². The maximum Gasteiger partial charge on any atom is 0.317 e. The van der Waals surface area contributed by atoms with Gasteiger partial charge in [-0.1, -0.05) is 0 Å². The highest BCUT2D eigenvalue weighted by molar-refractivity contribution is 6.20. The standard InChI is InChI=1S/C14H30O6Si/c1-7-15-10(4)18-13(19-11(5)16-8-2)14(21)20-12(6)17-9-3/h10-12H,7-9H2,1-6,21H3. The summed E-state index contributed by atoms with van der Waals surface area (Å²) in [5.74, 6) is 0.301. The first-order valence-electron chi connectivity index (χ1n) is 7.50. The molecule has 3 atom stereocenters. The summed E-state index contributed by atoms with van der Waals surface area (Å²) in [5, 5.41) is 0.619. The van der Waals surface area contributed by atoms with E-state index in [1.807, 2.05) is 27.7 Å². The van der Waals surface area contributed by atoms with E-state index in [1.54, 1.807) is 13.8 Å². The Morgan fingerprint density at radius 2 is 1.05 bits per heavy atom. The molecular weight excluding hydrogens is 292 g/mol. The summed E-state index contributed by atoms with van der Waals surface area (Å²) in [4.78, 5) is 0. The molecule has 6 nitrogen and oxygen atoms in total. The summed E-state index contributed by atoms with van der Waals surface area (Å²) in [6.45, 7) is 12.9. The minimum Gasteiger partial charge on any atom is -0.469 e. The highest BCUT2D eigenvalue weighted by Crippen LogP contribution is 2.15. The summed E-state index contributed by atoms with van der Waals surface area (Å²) in [5.41, 5.74) is 0. The Morgan fingerprint density at radius 3 is 1.38 bits per heavy atom. The first-order valence-corrected chi connectivity index (χ1v) is 8.50. The largest absolute Gasteiger partial charge is 0.469 e. The van der Waals surface area contributed by atoms with Crippen LogP contribution in [-0.4, -0.2) is 48.9 Å². The van der Waals surface area contributed by atoms with Gasteiger partial charge in [-0.15, -0.1) is 0 Å². The van der Waals surface area contributed by atoms with E-state index in [4.69, 9.17) is 28.4 Å². The lowest BCUT2D eigenvalue weighted by atomic mass is 10.7. The summed E-state index contributed by atoms with van der Waals surface area (Å²) in [6, 6.07) is 0. The van der Waals surface area contributed by atoms with E-state index in [2.05, 4.69) is 0 Å². The van der Waals surface area contributed by atoms with Crippen LogP contribution in [0.15, 0.2) is 11.3 Å². The second-order valence-corrected chi connectivity index (χ2v) is 5.17. The van der Waals surface area contributed by atoms with Crippen molar-refractivity contribution in [3.05, 3.63) is 11.3 Å². The lowest BCUT2D eigenvalue weighted by molar-refractivity contribution is -0.194. The molecule has 0 aliphatic heterocycles. The third-order valence-electron chi connectivity index (χ3n) is 2.38. The molecule has 0 amide bonds. The molecule has 0 rings (SSSR count). The molecule has 0 aromatic rings.